The molecule has 6 heteroatoms. The first-order valence-corrected chi connectivity index (χ1v) is 6.85. The van der Waals surface area contributed by atoms with Crippen LogP contribution in [-0.4, -0.2) is 17.9 Å². The maximum atomic E-state index is 13.9. The first-order valence-electron chi connectivity index (χ1n) is 5.68. The van der Waals surface area contributed by atoms with Crippen LogP contribution < -0.4 is 4.74 Å². The number of nitrogens with zero attached hydrogens (tertiary/aromatic N) is 1. The van der Waals surface area contributed by atoms with Crippen LogP contribution in [0.5, 0.6) is 5.88 Å². The molecule has 0 saturated heterocycles. The smallest absolute Gasteiger partial charge is 0.212 e. The van der Waals surface area contributed by atoms with Crippen molar-refractivity contribution < 1.29 is 13.9 Å². The Kier molecular flexibility index (Phi) is 4.73. The Morgan fingerprint density at radius 3 is 2.75 bits per heavy atom. The van der Waals surface area contributed by atoms with E-state index in [2.05, 4.69) is 20.9 Å². The molecule has 1 aromatic carbocycles. The van der Waals surface area contributed by atoms with Crippen molar-refractivity contribution in [2.75, 3.05) is 7.11 Å². The number of methoxy groups -OCH3 is 1. The number of halogens is 3. The molecule has 0 amide bonds. The third kappa shape index (κ3) is 3.16. The van der Waals surface area contributed by atoms with Crippen molar-refractivity contribution in [2.24, 2.45) is 0 Å². The summed E-state index contributed by atoms with van der Waals surface area (Å²) in [7, 11) is 1.51. The van der Waals surface area contributed by atoms with Gasteiger partial charge in [0.1, 0.15) is 0 Å². The van der Waals surface area contributed by atoms with E-state index < -0.39 is 5.82 Å². The summed E-state index contributed by atoms with van der Waals surface area (Å²) in [5.41, 5.74) is 0.642. The van der Waals surface area contributed by atoms with Crippen molar-refractivity contribution in [3.63, 3.8) is 0 Å². The van der Waals surface area contributed by atoms with E-state index in [1.54, 1.807) is 18.2 Å². The van der Waals surface area contributed by atoms with Gasteiger partial charge in [-0.2, -0.15) is 0 Å². The lowest BCUT2D eigenvalue weighted by molar-refractivity contribution is 0.0989. The second-order valence-corrected chi connectivity index (χ2v) is 5.26. The zero-order valence-electron chi connectivity index (χ0n) is 10.5. The molecule has 0 radical (unpaired) electrons. The number of hydrogen-bond acceptors (Lipinski definition) is 3. The summed E-state index contributed by atoms with van der Waals surface area (Å²) >= 11 is 8.87. The Labute approximate surface area is 128 Å². The van der Waals surface area contributed by atoms with Crippen LogP contribution in [0.3, 0.4) is 0 Å². The number of Topliss-reactive ketones (excluding diaryl/α,β-unsaturated/α-hetero) is 1. The second kappa shape index (κ2) is 6.33. The molecule has 2 aromatic rings. The normalized spacial score (nSPS) is 10.4. The van der Waals surface area contributed by atoms with E-state index in [0.29, 0.717) is 15.9 Å². The SMILES string of the molecule is COc1ccc(CC(=O)c2ccc(Br)c(Cl)c2F)cn1. The maximum absolute atomic E-state index is 13.9. The molecule has 104 valence electrons. The van der Waals surface area contributed by atoms with Gasteiger partial charge in [-0.1, -0.05) is 17.7 Å². The van der Waals surface area contributed by atoms with Crippen molar-refractivity contribution in [3.8, 4) is 5.88 Å². The molecular weight excluding hydrogens is 349 g/mol. The van der Waals surface area contributed by atoms with E-state index in [4.69, 9.17) is 16.3 Å². The molecule has 20 heavy (non-hydrogen) atoms. The molecular formula is C14H10BrClFNO2. The molecule has 0 aliphatic rings. The van der Waals surface area contributed by atoms with Gasteiger partial charge in [0.05, 0.1) is 17.7 Å². The van der Waals surface area contributed by atoms with Crippen molar-refractivity contribution in [1.29, 1.82) is 0 Å². The van der Waals surface area contributed by atoms with E-state index in [-0.39, 0.29) is 22.8 Å². The summed E-state index contributed by atoms with van der Waals surface area (Å²) < 4.78 is 19.3. The Morgan fingerprint density at radius 1 is 1.40 bits per heavy atom. The number of hydrogen-bond donors (Lipinski definition) is 0. The average molecular weight is 359 g/mol. The highest BCUT2D eigenvalue weighted by atomic mass is 79.9. The molecule has 0 unspecified atom stereocenters. The summed E-state index contributed by atoms with van der Waals surface area (Å²) in [6.45, 7) is 0. The van der Waals surface area contributed by atoms with E-state index in [9.17, 15) is 9.18 Å². The summed E-state index contributed by atoms with van der Waals surface area (Å²) in [5, 5.41) is -0.0938. The maximum Gasteiger partial charge on any atom is 0.212 e. The first kappa shape index (κ1) is 14.9. The Hall–Kier alpha value is -1.46. The van der Waals surface area contributed by atoms with Crippen LogP contribution in [0, 0.1) is 5.82 Å². The standard InChI is InChI=1S/C14H10BrClFNO2/c1-20-12-5-2-8(7-18-12)6-11(19)9-3-4-10(15)13(16)14(9)17/h2-5,7H,6H2,1H3. The molecule has 0 spiro atoms. The number of benzene rings is 1. The largest absolute Gasteiger partial charge is 0.481 e. The highest BCUT2D eigenvalue weighted by molar-refractivity contribution is 9.10. The molecule has 0 aliphatic heterocycles. The monoisotopic (exact) mass is 357 g/mol. The van der Waals surface area contributed by atoms with Gasteiger partial charge in [0.15, 0.2) is 11.6 Å². The van der Waals surface area contributed by atoms with Crippen molar-refractivity contribution >= 4 is 33.3 Å². The number of carbonyl (C=O) groups is 1. The molecule has 2 rings (SSSR count). The minimum atomic E-state index is -0.715. The predicted octanol–water partition coefficient (Wildman–Crippen LogP) is 4.07. The lowest BCUT2D eigenvalue weighted by atomic mass is 10.0. The van der Waals surface area contributed by atoms with Crippen LogP contribution in [0.4, 0.5) is 4.39 Å². The highest BCUT2D eigenvalue weighted by Gasteiger charge is 2.17. The average Bonchev–Trinajstić information content (AvgIpc) is 2.45. The third-order valence-corrected chi connectivity index (χ3v) is 3.97. The van der Waals surface area contributed by atoms with Gasteiger partial charge < -0.3 is 4.74 Å². The third-order valence-electron chi connectivity index (χ3n) is 2.71. The van der Waals surface area contributed by atoms with E-state index in [0.717, 1.165) is 0 Å². The van der Waals surface area contributed by atoms with Crippen molar-refractivity contribution in [3.05, 3.63) is 56.9 Å². The van der Waals surface area contributed by atoms with Crippen LogP contribution in [-0.2, 0) is 6.42 Å². The molecule has 3 nitrogen and oxygen atoms in total. The van der Waals surface area contributed by atoms with E-state index >= 15 is 0 Å². The molecule has 0 aliphatic carbocycles. The minimum Gasteiger partial charge on any atom is -0.481 e. The minimum absolute atomic E-state index is 0.0333. The predicted molar refractivity (Wildman–Crippen MR) is 77.9 cm³/mol. The Bertz CT molecular complexity index is 646. The van der Waals surface area contributed by atoms with Gasteiger partial charge in [0.2, 0.25) is 5.88 Å². The fourth-order valence-corrected chi connectivity index (χ4v) is 2.13. The molecule has 1 heterocycles. The quantitative estimate of drug-likeness (QED) is 0.611. The van der Waals surface area contributed by atoms with Crippen LogP contribution in [0.25, 0.3) is 0 Å². The molecule has 0 atom stereocenters. The van der Waals surface area contributed by atoms with Gasteiger partial charge in [-0.25, -0.2) is 9.37 Å². The first-order chi connectivity index (χ1) is 9.52. The summed E-state index contributed by atoms with van der Waals surface area (Å²) in [6, 6.07) is 6.31. The van der Waals surface area contributed by atoms with Crippen LogP contribution in [0.2, 0.25) is 5.02 Å². The molecule has 0 N–H and O–H groups in total. The van der Waals surface area contributed by atoms with E-state index in [1.165, 1.54) is 19.4 Å². The molecule has 0 bridgehead atoms. The molecule has 1 aromatic heterocycles. The number of pyridine rings is 1. The van der Waals surface area contributed by atoms with Crippen molar-refractivity contribution in [2.45, 2.75) is 6.42 Å². The van der Waals surface area contributed by atoms with Gasteiger partial charge >= 0.3 is 0 Å². The Morgan fingerprint density at radius 2 is 2.15 bits per heavy atom. The lowest BCUT2D eigenvalue weighted by Crippen LogP contribution is -2.07. The zero-order valence-corrected chi connectivity index (χ0v) is 12.8. The van der Waals surface area contributed by atoms with E-state index in [1.807, 2.05) is 0 Å². The van der Waals surface area contributed by atoms with Gasteiger partial charge in [0.25, 0.3) is 0 Å². The van der Waals surface area contributed by atoms with Crippen LogP contribution in [0.1, 0.15) is 15.9 Å². The number of carbonyl (C=O) groups excluding carboxylic acids is 1. The lowest BCUT2D eigenvalue weighted by Gasteiger charge is -2.06. The molecule has 0 fully saturated rings. The number of ether oxygens (including phenoxy) is 1. The number of aromatic nitrogens is 1. The fourth-order valence-electron chi connectivity index (χ4n) is 1.66. The highest BCUT2D eigenvalue weighted by Crippen LogP contribution is 2.28. The summed E-state index contributed by atoms with van der Waals surface area (Å²) in [6.07, 6.45) is 1.57. The second-order valence-electron chi connectivity index (χ2n) is 4.03. The number of ketones is 1. The zero-order chi connectivity index (χ0) is 14.7. The van der Waals surface area contributed by atoms with Crippen molar-refractivity contribution in [1.82, 2.24) is 4.98 Å². The topological polar surface area (TPSA) is 39.2 Å². The van der Waals surface area contributed by atoms with Crippen LogP contribution in [0.15, 0.2) is 34.9 Å². The van der Waals surface area contributed by atoms with Gasteiger partial charge in [-0.15, -0.1) is 0 Å². The van der Waals surface area contributed by atoms with Gasteiger partial charge in [-0.3, -0.25) is 4.79 Å². The summed E-state index contributed by atoms with van der Waals surface area (Å²) in [4.78, 5) is 16.1. The van der Waals surface area contributed by atoms with Gasteiger partial charge in [0, 0.05) is 23.2 Å². The summed E-state index contributed by atoms with van der Waals surface area (Å²) in [5.74, 6) is -0.615. The molecule has 0 saturated carbocycles. The van der Waals surface area contributed by atoms with Crippen LogP contribution >= 0.6 is 27.5 Å². The van der Waals surface area contributed by atoms with Gasteiger partial charge in [-0.05, 0) is 33.6 Å². The Balaban J connectivity index is 2.21. The number of rotatable bonds is 4. The fraction of sp³-hybridized carbons (Fsp3) is 0.143.